The summed E-state index contributed by atoms with van der Waals surface area (Å²) in [6.07, 6.45) is 3.68. The number of rotatable bonds is 3. The second kappa shape index (κ2) is 12.6. The lowest BCUT2D eigenvalue weighted by Gasteiger charge is -2.39. The maximum Gasteiger partial charge on any atom is 0.132 e. The molecule has 286 valence electrons. The van der Waals surface area contributed by atoms with Gasteiger partial charge < -0.3 is 13.9 Å². The standard InChI is InChI=1S/C55H30N6O/c56-31-33-13-21-48-40(27-33)39-7-1-3-11-47(39)60(48)37-17-19-38(20-18-37)61-49-22-14-34(32-57)28-41(49)42-29-35(15-23-50(42)61)36-16-24-52-46(30-36)55(43-8-2-4-12-51(43)62-52)44-9-5-25-58-53(44)54-45(55)10-6-26-59-54/h1-30H. The molecule has 0 bridgehead atoms. The first-order valence-corrected chi connectivity index (χ1v) is 20.5. The van der Waals surface area contributed by atoms with Crippen LogP contribution in [0.25, 0.3) is 77.5 Å². The van der Waals surface area contributed by atoms with Gasteiger partial charge in [-0.05, 0) is 131 Å². The Balaban J connectivity index is 0.979. The molecule has 4 aromatic heterocycles. The van der Waals surface area contributed by atoms with Crippen LogP contribution in [-0.2, 0) is 5.41 Å². The van der Waals surface area contributed by atoms with Gasteiger partial charge >= 0.3 is 0 Å². The van der Waals surface area contributed by atoms with E-state index in [1.807, 2.05) is 73.1 Å². The van der Waals surface area contributed by atoms with Gasteiger partial charge in [-0.15, -0.1) is 0 Å². The first-order chi connectivity index (χ1) is 30.6. The Morgan fingerprint density at radius 2 is 0.919 bits per heavy atom. The van der Waals surface area contributed by atoms with Gasteiger partial charge in [-0.25, -0.2) is 0 Å². The van der Waals surface area contributed by atoms with Crippen LogP contribution < -0.4 is 4.74 Å². The van der Waals surface area contributed by atoms with Crippen molar-refractivity contribution in [1.82, 2.24) is 19.1 Å². The van der Waals surface area contributed by atoms with E-state index in [2.05, 4.69) is 130 Å². The van der Waals surface area contributed by atoms with E-state index in [1.165, 1.54) is 0 Å². The summed E-state index contributed by atoms with van der Waals surface area (Å²) in [5.41, 5.74) is 14.9. The normalized spacial score (nSPS) is 13.1. The highest BCUT2D eigenvalue weighted by Gasteiger charge is 2.52. The van der Waals surface area contributed by atoms with E-state index in [1.54, 1.807) is 0 Å². The van der Waals surface area contributed by atoms with Crippen LogP contribution >= 0.6 is 0 Å². The molecule has 0 N–H and O–H groups in total. The average molecular weight is 791 g/mol. The predicted molar refractivity (Wildman–Crippen MR) is 243 cm³/mol. The molecule has 0 fully saturated rings. The quantitative estimate of drug-likeness (QED) is 0.178. The van der Waals surface area contributed by atoms with Crippen molar-refractivity contribution in [2.45, 2.75) is 5.41 Å². The number of fused-ring (bicyclic) bond motifs is 15. The van der Waals surface area contributed by atoms with E-state index in [0.29, 0.717) is 11.1 Å². The second-order valence-electron chi connectivity index (χ2n) is 16.0. The van der Waals surface area contributed by atoms with Crippen molar-refractivity contribution >= 4 is 43.6 Å². The van der Waals surface area contributed by atoms with E-state index in [0.717, 1.165) is 111 Å². The topological polar surface area (TPSA) is 92.5 Å². The summed E-state index contributed by atoms with van der Waals surface area (Å²) in [4.78, 5) is 9.78. The van der Waals surface area contributed by atoms with Gasteiger partial charge in [-0.2, -0.15) is 10.5 Å². The van der Waals surface area contributed by atoms with Gasteiger partial charge in [0.1, 0.15) is 11.5 Å². The Hall–Kier alpha value is -8.78. The van der Waals surface area contributed by atoms with Crippen LogP contribution in [0.15, 0.2) is 182 Å². The summed E-state index contributed by atoms with van der Waals surface area (Å²) in [5, 5.41) is 23.9. The number of ether oxygens (including phenoxy) is 1. The van der Waals surface area contributed by atoms with Gasteiger partial charge in [-0.3, -0.25) is 9.97 Å². The molecule has 2 aliphatic rings. The minimum atomic E-state index is -0.680. The van der Waals surface area contributed by atoms with E-state index in [4.69, 9.17) is 14.7 Å². The maximum atomic E-state index is 10.1. The first kappa shape index (κ1) is 34.1. The molecule has 62 heavy (non-hydrogen) atoms. The molecule has 1 spiro atoms. The number of para-hydroxylation sites is 2. The average Bonchev–Trinajstić information content (AvgIpc) is 3.95. The van der Waals surface area contributed by atoms with Crippen molar-refractivity contribution < 1.29 is 4.74 Å². The Morgan fingerprint density at radius 1 is 0.419 bits per heavy atom. The van der Waals surface area contributed by atoms with Gasteiger partial charge in [0.25, 0.3) is 0 Å². The molecule has 5 heterocycles. The van der Waals surface area contributed by atoms with E-state index in [9.17, 15) is 10.5 Å². The fourth-order valence-corrected chi connectivity index (χ4v) is 10.4. The summed E-state index contributed by atoms with van der Waals surface area (Å²) in [6, 6.07) is 63.3. The molecule has 1 aliphatic carbocycles. The van der Waals surface area contributed by atoms with Crippen LogP contribution in [0.1, 0.15) is 33.4 Å². The van der Waals surface area contributed by atoms with Crippen molar-refractivity contribution in [1.29, 1.82) is 10.5 Å². The largest absolute Gasteiger partial charge is 0.457 e. The van der Waals surface area contributed by atoms with Crippen molar-refractivity contribution in [3.8, 4) is 57.5 Å². The third kappa shape index (κ3) is 4.51. The summed E-state index contributed by atoms with van der Waals surface area (Å²) in [5.74, 6) is 1.62. The van der Waals surface area contributed by atoms with Gasteiger partial charge in [0.05, 0.1) is 62.1 Å². The molecular weight excluding hydrogens is 761 g/mol. The molecule has 7 heteroatoms. The van der Waals surface area contributed by atoms with E-state index < -0.39 is 5.41 Å². The molecule has 1 aliphatic heterocycles. The number of benzene rings is 7. The lowest BCUT2D eigenvalue weighted by atomic mass is 9.66. The van der Waals surface area contributed by atoms with Crippen LogP contribution in [0.5, 0.6) is 11.5 Å². The minimum absolute atomic E-state index is 0.607. The van der Waals surface area contributed by atoms with E-state index >= 15 is 0 Å². The van der Waals surface area contributed by atoms with Gasteiger partial charge in [0, 0.05) is 56.4 Å². The zero-order valence-corrected chi connectivity index (χ0v) is 32.9. The third-order valence-electron chi connectivity index (χ3n) is 12.9. The zero-order valence-electron chi connectivity index (χ0n) is 32.9. The number of hydrogen-bond acceptors (Lipinski definition) is 5. The summed E-state index contributed by atoms with van der Waals surface area (Å²) in [7, 11) is 0. The molecule has 0 unspecified atom stereocenters. The van der Waals surface area contributed by atoms with E-state index in [-0.39, 0.29) is 0 Å². The van der Waals surface area contributed by atoms with Gasteiger partial charge in [-0.1, -0.05) is 60.7 Å². The van der Waals surface area contributed by atoms with Crippen LogP contribution in [0.4, 0.5) is 0 Å². The highest BCUT2D eigenvalue weighted by Crippen LogP contribution is 2.61. The number of nitriles is 2. The summed E-state index contributed by atoms with van der Waals surface area (Å²) >= 11 is 0. The number of hydrogen-bond donors (Lipinski definition) is 0. The Kier molecular flexibility index (Phi) is 6.94. The summed E-state index contributed by atoms with van der Waals surface area (Å²) < 4.78 is 11.2. The highest BCUT2D eigenvalue weighted by atomic mass is 16.5. The molecule has 0 saturated heterocycles. The second-order valence-corrected chi connectivity index (χ2v) is 16.0. The molecule has 13 rings (SSSR count). The first-order valence-electron chi connectivity index (χ1n) is 20.5. The number of nitrogens with zero attached hydrogens (tertiary/aromatic N) is 6. The maximum absolute atomic E-state index is 10.1. The molecule has 0 saturated carbocycles. The van der Waals surface area contributed by atoms with Crippen molar-refractivity contribution in [3.63, 3.8) is 0 Å². The lowest BCUT2D eigenvalue weighted by Crippen LogP contribution is -2.32. The van der Waals surface area contributed by atoms with Crippen LogP contribution in [0.2, 0.25) is 0 Å². The Bertz CT molecular complexity index is 3780. The molecule has 0 radical (unpaired) electrons. The van der Waals surface area contributed by atoms with Crippen molar-refractivity contribution in [2.75, 3.05) is 0 Å². The predicted octanol–water partition coefficient (Wildman–Crippen LogP) is 12.5. The molecule has 7 nitrogen and oxygen atoms in total. The van der Waals surface area contributed by atoms with Gasteiger partial charge in [0.2, 0.25) is 0 Å². The highest BCUT2D eigenvalue weighted by molar-refractivity contribution is 6.11. The van der Waals surface area contributed by atoms with Crippen LogP contribution in [0.3, 0.4) is 0 Å². The minimum Gasteiger partial charge on any atom is -0.457 e. The molecule has 11 aromatic rings. The number of pyridine rings is 2. The molecular formula is C55H30N6O. The number of aromatic nitrogens is 4. The Morgan fingerprint density at radius 3 is 1.58 bits per heavy atom. The fourth-order valence-electron chi connectivity index (χ4n) is 10.4. The van der Waals surface area contributed by atoms with Crippen LogP contribution in [0, 0.1) is 22.7 Å². The SMILES string of the molecule is N#Cc1ccc2c(c1)c1ccccc1n2-c1ccc(-n2c3ccc(C#N)cc3c3cc(-c4ccc5c(c4)C4(c6ccccc6O5)c5cccnc5-c5ncccc54)ccc32)cc1. The Labute approximate surface area is 355 Å². The monoisotopic (exact) mass is 790 g/mol. The summed E-state index contributed by atoms with van der Waals surface area (Å²) in [6.45, 7) is 0. The third-order valence-corrected chi connectivity index (χ3v) is 12.9. The molecule has 0 amide bonds. The zero-order chi connectivity index (χ0) is 41.1. The van der Waals surface area contributed by atoms with Crippen molar-refractivity contribution in [3.05, 3.63) is 216 Å². The van der Waals surface area contributed by atoms with Crippen molar-refractivity contribution in [2.24, 2.45) is 0 Å². The lowest BCUT2D eigenvalue weighted by molar-refractivity contribution is 0.436. The fraction of sp³-hybridized carbons (Fsp3) is 0.0182. The smallest absolute Gasteiger partial charge is 0.132 e. The molecule has 7 aromatic carbocycles. The molecule has 0 atom stereocenters. The van der Waals surface area contributed by atoms with Gasteiger partial charge in [0.15, 0.2) is 0 Å². The van der Waals surface area contributed by atoms with Crippen LogP contribution in [-0.4, -0.2) is 19.1 Å².